The lowest BCUT2D eigenvalue weighted by molar-refractivity contribution is -0.128. The molecule has 0 N–H and O–H groups in total. The molecule has 1 fully saturated rings. The maximum Gasteiger partial charge on any atom is 0.233 e. The summed E-state index contributed by atoms with van der Waals surface area (Å²) in [5.74, 6) is 2.11. The van der Waals surface area contributed by atoms with Crippen LogP contribution in [0.3, 0.4) is 0 Å². The first-order valence-corrected chi connectivity index (χ1v) is 11.9. The van der Waals surface area contributed by atoms with Crippen molar-refractivity contribution in [2.24, 2.45) is 0 Å². The molecule has 0 aliphatic carbocycles. The van der Waals surface area contributed by atoms with Gasteiger partial charge in [-0.2, -0.15) is 0 Å². The van der Waals surface area contributed by atoms with Crippen LogP contribution in [0.15, 0.2) is 53.7 Å². The quantitative estimate of drug-likeness (QED) is 0.484. The number of rotatable bonds is 7. The van der Waals surface area contributed by atoms with Crippen LogP contribution in [0.25, 0.3) is 11.4 Å². The zero-order valence-corrected chi connectivity index (χ0v) is 19.8. The number of hydrogen-bond acceptors (Lipinski definition) is 6. The molecule has 4 rings (SSSR count). The van der Waals surface area contributed by atoms with Crippen LogP contribution in [-0.2, 0) is 11.3 Å². The van der Waals surface area contributed by atoms with E-state index in [-0.39, 0.29) is 5.91 Å². The van der Waals surface area contributed by atoms with Crippen molar-refractivity contribution in [3.05, 3.63) is 53.6 Å². The van der Waals surface area contributed by atoms with Gasteiger partial charge >= 0.3 is 0 Å². The van der Waals surface area contributed by atoms with Crippen LogP contribution in [0, 0.1) is 0 Å². The lowest BCUT2D eigenvalue weighted by Gasteiger charge is -2.36. The Morgan fingerprint density at radius 2 is 1.72 bits per heavy atom. The predicted molar refractivity (Wildman–Crippen MR) is 129 cm³/mol. The van der Waals surface area contributed by atoms with E-state index in [1.165, 1.54) is 11.8 Å². The first-order valence-electron chi connectivity index (χ1n) is 10.6. The van der Waals surface area contributed by atoms with Crippen molar-refractivity contribution < 1.29 is 9.53 Å². The SMILES string of the molecule is CCn1c(SCC(=O)N2CCN(c3ccc(OC)cc3)CC2)nnc1-c1ccc(Cl)cc1. The fourth-order valence-corrected chi connectivity index (χ4v) is 4.75. The molecule has 2 aromatic carbocycles. The van der Waals surface area contributed by atoms with E-state index in [0.29, 0.717) is 23.9 Å². The van der Waals surface area contributed by atoms with Crippen LogP contribution < -0.4 is 9.64 Å². The lowest BCUT2D eigenvalue weighted by Crippen LogP contribution is -2.49. The van der Waals surface area contributed by atoms with Crippen LogP contribution in [0.2, 0.25) is 5.02 Å². The Morgan fingerprint density at radius 3 is 2.34 bits per heavy atom. The highest BCUT2D eigenvalue weighted by atomic mass is 35.5. The minimum absolute atomic E-state index is 0.128. The molecule has 1 amide bonds. The van der Waals surface area contributed by atoms with Gasteiger partial charge in [-0.05, 0) is 55.5 Å². The van der Waals surface area contributed by atoms with Gasteiger partial charge in [-0.25, -0.2) is 0 Å². The number of methoxy groups -OCH3 is 1. The average molecular weight is 472 g/mol. The number of thioether (sulfide) groups is 1. The van der Waals surface area contributed by atoms with Gasteiger partial charge in [-0.15, -0.1) is 10.2 Å². The van der Waals surface area contributed by atoms with Crippen molar-refractivity contribution in [3.8, 4) is 17.1 Å². The van der Waals surface area contributed by atoms with E-state index in [4.69, 9.17) is 16.3 Å². The second-order valence-corrected chi connectivity index (χ2v) is 8.79. The summed E-state index contributed by atoms with van der Waals surface area (Å²) in [5, 5.41) is 10.1. The van der Waals surface area contributed by atoms with Gasteiger partial charge < -0.3 is 19.1 Å². The van der Waals surface area contributed by atoms with Gasteiger partial charge in [0.25, 0.3) is 0 Å². The maximum atomic E-state index is 12.8. The van der Waals surface area contributed by atoms with Crippen molar-refractivity contribution in [1.82, 2.24) is 19.7 Å². The summed E-state index contributed by atoms with van der Waals surface area (Å²) in [5.41, 5.74) is 2.11. The van der Waals surface area contributed by atoms with Gasteiger partial charge in [-0.1, -0.05) is 23.4 Å². The van der Waals surface area contributed by atoms with E-state index in [1.807, 2.05) is 52.8 Å². The van der Waals surface area contributed by atoms with Crippen molar-refractivity contribution in [2.75, 3.05) is 43.9 Å². The van der Waals surface area contributed by atoms with Crippen LogP contribution >= 0.6 is 23.4 Å². The molecule has 0 bridgehead atoms. The van der Waals surface area contributed by atoms with Gasteiger partial charge in [0.1, 0.15) is 5.75 Å². The van der Waals surface area contributed by atoms with E-state index in [1.54, 1.807) is 7.11 Å². The van der Waals surface area contributed by atoms with E-state index >= 15 is 0 Å². The number of halogens is 1. The molecule has 0 saturated carbocycles. The first kappa shape index (κ1) is 22.5. The third-order valence-electron chi connectivity index (χ3n) is 5.53. The minimum atomic E-state index is 0.128. The first-order chi connectivity index (χ1) is 15.6. The van der Waals surface area contributed by atoms with Crippen molar-refractivity contribution in [1.29, 1.82) is 0 Å². The second-order valence-electron chi connectivity index (χ2n) is 7.41. The summed E-state index contributed by atoms with van der Waals surface area (Å²) in [6.45, 7) is 5.82. The summed E-state index contributed by atoms with van der Waals surface area (Å²) in [6.07, 6.45) is 0. The topological polar surface area (TPSA) is 63.5 Å². The molecule has 0 unspecified atom stereocenters. The molecular weight excluding hydrogens is 446 g/mol. The molecule has 1 aliphatic rings. The summed E-state index contributed by atoms with van der Waals surface area (Å²) in [6, 6.07) is 15.6. The van der Waals surface area contributed by atoms with Crippen LogP contribution in [0.4, 0.5) is 5.69 Å². The van der Waals surface area contributed by atoms with E-state index < -0.39 is 0 Å². The Morgan fingerprint density at radius 1 is 1.03 bits per heavy atom. The highest BCUT2D eigenvalue weighted by Crippen LogP contribution is 2.26. The molecule has 1 aromatic heterocycles. The molecule has 0 atom stereocenters. The summed E-state index contributed by atoms with van der Waals surface area (Å²) in [4.78, 5) is 17.0. The third-order valence-corrected chi connectivity index (χ3v) is 6.73. The van der Waals surface area contributed by atoms with Gasteiger partial charge in [0, 0.05) is 49.0 Å². The Labute approximate surface area is 197 Å². The standard InChI is InChI=1S/C23H26ClN5O2S/c1-3-29-22(17-4-6-18(24)7-5-17)25-26-23(29)32-16-21(30)28-14-12-27(13-15-28)19-8-10-20(31-2)11-9-19/h4-11H,3,12-16H2,1-2H3. The smallest absolute Gasteiger partial charge is 0.233 e. The molecular formula is C23H26ClN5O2S. The molecule has 7 nitrogen and oxygen atoms in total. The Hall–Kier alpha value is -2.71. The fraction of sp³-hybridized carbons (Fsp3) is 0.348. The molecule has 168 valence electrons. The molecule has 3 aromatic rings. The number of benzene rings is 2. The molecule has 0 spiro atoms. The summed E-state index contributed by atoms with van der Waals surface area (Å²) >= 11 is 7.43. The molecule has 1 saturated heterocycles. The monoisotopic (exact) mass is 471 g/mol. The normalized spacial score (nSPS) is 14.0. The Balaban J connectivity index is 1.33. The van der Waals surface area contributed by atoms with E-state index in [0.717, 1.165) is 47.6 Å². The largest absolute Gasteiger partial charge is 0.497 e. The number of aromatic nitrogens is 3. The number of ether oxygens (including phenoxy) is 1. The molecule has 1 aliphatic heterocycles. The fourth-order valence-electron chi connectivity index (χ4n) is 3.72. The second kappa shape index (κ2) is 10.3. The van der Waals surface area contributed by atoms with Crippen molar-refractivity contribution >= 4 is 35.0 Å². The van der Waals surface area contributed by atoms with E-state index in [9.17, 15) is 4.79 Å². The van der Waals surface area contributed by atoms with E-state index in [2.05, 4.69) is 27.2 Å². The van der Waals surface area contributed by atoms with Crippen molar-refractivity contribution in [2.45, 2.75) is 18.6 Å². The minimum Gasteiger partial charge on any atom is -0.497 e. The number of nitrogens with zero attached hydrogens (tertiary/aromatic N) is 5. The number of anilines is 1. The molecule has 0 radical (unpaired) electrons. The average Bonchev–Trinajstić information content (AvgIpc) is 3.26. The van der Waals surface area contributed by atoms with Gasteiger partial charge in [0.15, 0.2) is 11.0 Å². The number of carbonyl (C=O) groups is 1. The molecule has 2 heterocycles. The van der Waals surface area contributed by atoms with Crippen molar-refractivity contribution in [3.63, 3.8) is 0 Å². The maximum absolute atomic E-state index is 12.8. The number of hydrogen-bond donors (Lipinski definition) is 0. The number of piperazine rings is 1. The number of carbonyl (C=O) groups excluding carboxylic acids is 1. The third kappa shape index (κ3) is 5.02. The highest BCUT2D eigenvalue weighted by molar-refractivity contribution is 7.99. The number of amides is 1. The summed E-state index contributed by atoms with van der Waals surface area (Å²) in [7, 11) is 1.67. The lowest BCUT2D eigenvalue weighted by atomic mass is 10.2. The molecule has 9 heteroatoms. The van der Waals surface area contributed by atoms with Gasteiger partial charge in [-0.3, -0.25) is 4.79 Å². The van der Waals surface area contributed by atoms with Crippen LogP contribution in [-0.4, -0.2) is 64.6 Å². The zero-order valence-electron chi connectivity index (χ0n) is 18.2. The summed E-state index contributed by atoms with van der Waals surface area (Å²) < 4.78 is 7.26. The zero-order chi connectivity index (χ0) is 22.5. The van der Waals surface area contributed by atoms with Gasteiger partial charge in [0.05, 0.1) is 12.9 Å². The van der Waals surface area contributed by atoms with Gasteiger partial charge in [0.2, 0.25) is 5.91 Å². The highest BCUT2D eigenvalue weighted by Gasteiger charge is 2.22. The Bertz CT molecular complexity index is 1050. The van der Waals surface area contributed by atoms with Crippen LogP contribution in [0.1, 0.15) is 6.92 Å². The predicted octanol–water partition coefficient (Wildman–Crippen LogP) is 4.07. The van der Waals surface area contributed by atoms with Crippen LogP contribution in [0.5, 0.6) is 5.75 Å². The molecule has 32 heavy (non-hydrogen) atoms. The Kier molecular flexibility index (Phi) is 7.22.